The van der Waals surface area contributed by atoms with Gasteiger partial charge in [-0.1, -0.05) is 37.3 Å². The lowest BCUT2D eigenvalue weighted by molar-refractivity contribution is 0.0246. The van der Waals surface area contributed by atoms with Gasteiger partial charge < -0.3 is 16.2 Å². The molecule has 4 N–H and O–H groups in total. The Labute approximate surface area is 123 Å². The van der Waals surface area contributed by atoms with Crippen LogP contribution in [0, 0.1) is 0 Å². The van der Waals surface area contributed by atoms with Gasteiger partial charge in [0.05, 0.1) is 23.0 Å². The van der Waals surface area contributed by atoms with E-state index in [1.54, 1.807) is 0 Å². The Morgan fingerprint density at radius 3 is 2.70 bits per heavy atom. The van der Waals surface area contributed by atoms with Crippen LogP contribution in [0.5, 0.6) is 0 Å². The highest BCUT2D eigenvalue weighted by atomic mass is 35.5. The summed E-state index contributed by atoms with van der Waals surface area (Å²) in [6, 6.07) is 1.49. The summed E-state index contributed by atoms with van der Waals surface area (Å²) in [6.07, 6.45) is 7.10. The van der Waals surface area contributed by atoms with Crippen molar-refractivity contribution in [2.45, 2.75) is 44.1 Å². The molecule has 0 unspecified atom stereocenters. The minimum atomic E-state index is -0.813. The van der Waals surface area contributed by atoms with Gasteiger partial charge in [0, 0.05) is 6.54 Å². The summed E-state index contributed by atoms with van der Waals surface area (Å²) < 4.78 is 0. The van der Waals surface area contributed by atoms with Crippen LogP contribution in [0.15, 0.2) is 12.3 Å². The molecule has 0 spiro atoms. The highest BCUT2D eigenvalue weighted by Crippen LogP contribution is 2.26. The topological polar surface area (TPSA) is 88.2 Å². The largest absolute Gasteiger partial charge is 0.397 e. The third kappa shape index (κ3) is 3.84. The van der Waals surface area contributed by atoms with Gasteiger partial charge >= 0.3 is 0 Å². The average molecular weight is 298 g/mol. The lowest BCUT2D eigenvalue weighted by Crippen LogP contribution is -2.42. The Morgan fingerprint density at radius 2 is 2.05 bits per heavy atom. The first-order chi connectivity index (χ1) is 9.50. The quantitative estimate of drug-likeness (QED) is 0.589. The number of amides is 1. The van der Waals surface area contributed by atoms with E-state index in [-0.39, 0.29) is 23.2 Å². The minimum Gasteiger partial charge on any atom is -0.397 e. The molecule has 2 rings (SSSR count). The number of nitrogens with two attached hydrogens (primary N) is 1. The molecule has 1 aliphatic carbocycles. The molecule has 20 heavy (non-hydrogen) atoms. The van der Waals surface area contributed by atoms with Crippen LogP contribution in [0.25, 0.3) is 0 Å². The molecule has 1 aromatic rings. The van der Waals surface area contributed by atoms with E-state index in [1.165, 1.54) is 12.3 Å². The number of aliphatic hydroxyl groups is 1. The van der Waals surface area contributed by atoms with E-state index >= 15 is 0 Å². The third-order valence-electron chi connectivity index (χ3n) is 3.72. The van der Waals surface area contributed by atoms with Crippen molar-refractivity contribution in [3.8, 4) is 0 Å². The maximum Gasteiger partial charge on any atom is 0.254 e. The van der Waals surface area contributed by atoms with Gasteiger partial charge in [-0.2, -0.15) is 0 Å². The molecule has 0 aromatic carbocycles. The van der Waals surface area contributed by atoms with Gasteiger partial charge in [-0.05, 0) is 18.9 Å². The highest BCUT2D eigenvalue weighted by Gasteiger charge is 2.28. The van der Waals surface area contributed by atoms with Gasteiger partial charge in [0.1, 0.15) is 5.15 Å². The van der Waals surface area contributed by atoms with Crippen LogP contribution < -0.4 is 11.1 Å². The van der Waals surface area contributed by atoms with E-state index in [2.05, 4.69) is 10.3 Å². The van der Waals surface area contributed by atoms with Gasteiger partial charge in [-0.25, -0.2) is 4.98 Å². The SMILES string of the molecule is Nc1cnc(Cl)c(C(=O)NCC2(O)CCCCCC2)c1. The summed E-state index contributed by atoms with van der Waals surface area (Å²) in [5.74, 6) is -0.354. The number of rotatable bonds is 3. The standard InChI is InChI=1S/C14H20ClN3O2/c15-12-11(7-10(16)8-17-12)13(19)18-9-14(20)5-3-1-2-4-6-14/h7-8,20H,1-6,9,16H2,(H,18,19). The molecular formula is C14H20ClN3O2. The number of hydrogen-bond donors (Lipinski definition) is 3. The first-order valence-corrected chi connectivity index (χ1v) is 7.30. The van der Waals surface area contributed by atoms with Crippen LogP contribution in [0.1, 0.15) is 48.9 Å². The van der Waals surface area contributed by atoms with Gasteiger partial charge in [-0.3, -0.25) is 4.79 Å². The molecule has 0 aliphatic heterocycles. The first-order valence-electron chi connectivity index (χ1n) is 6.92. The molecule has 1 fully saturated rings. The zero-order valence-electron chi connectivity index (χ0n) is 11.4. The Hall–Kier alpha value is -1.33. The molecule has 110 valence electrons. The van der Waals surface area contributed by atoms with Gasteiger partial charge in [0.25, 0.3) is 5.91 Å². The van der Waals surface area contributed by atoms with Crippen molar-refractivity contribution in [3.05, 3.63) is 23.0 Å². The lowest BCUT2D eigenvalue weighted by atomic mass is 9.94. The van der Waals surface area contributed by atoms with E-state index in [9.17, 15) is 9.90 Å². The molecule has 1 heterocycles. The van der Waals surface area contributed by atoms with Crippen LogP contribution in [0.4, 0.5) is 5.69 Å². The minimum absolute atomic E-state index is 0.115. The average Bonchev–Trinajstić information content (AvgIpc) is 2.64. The molecule has 1 saturated carbocycles. The first kappa shape index (κ1) is 15.1. The maximum atomic E-state index is 12.1. The molecule has 1 aliphatic rings. The van der Waals surface area contributed by atoms with E-state index in [0.717, 1.165) is 38.5 Å². The van der Waals surface area contributed by atoms with E-state index in [4.69, 9.17) is 17.3 Å². The van der Waals surface area contributed by atoms with Crippen molar-refractivity contribution in [2.75, 3.05) is 12.3 Å². The van der Waals surface area contributed by atoms with Crippen LogP contribution in [-0.4, -0.2) is 28.1 Å². The Balaban J connectivity index is 1.99. The molecule has 1 amide bonds. The second-order valence-corrected chi connectivity index (χ2v) is 5.79. The number of anilines is 1. The highest BCUT2D eigenvalue weighted by molar-refractivity contribution is 6.32. The monoisotopic (exact) mass is 297 g/mol. The second kappa shape index (κ2) is 6.41. The van der Waals surface area contributed by atoms with Crippen molar-refractivity contribution in [3.63, 3.8) is 0 Å². The van der Waals surface area contributed by atoms with Crippen molar-refractivity contribution < 1.29 is 9.90 Å². The van der Waals surface area contributed by atoms with E-state index in [0.29, 0.717) is 5.69 Å². The van der Waals surface area contributed by atoms with Crippen LogP contribution >= 0.6 is 11.6 Å². The number of nitrogens with one attached hydrogen (secondary N) is 1. The fraction of sp³-hybridized carbons (Fsp3) is 0.571. The van der Waals surface area contributed by atoms with E-state index < -0.39 is 5.60 Å². The summed E-state index contributed by atoms with van der Waals surface area (Å²) in [6.45, 7) is 0.233. The Morgan fingerprint density at radius 1 is 1.40 bits per heavy atom. The number of nitrogen functional groups attached to an aromatic ring is 1. The molecule has 5 nitrogen and oxygen atoms in total. The summed E-state index contributed by atoms with van der Waals surface area (Å²) in [5, 5.41) is 13.3. The third-order valence-corrected chi connectivity index (χ3v) is 4.02. The van der Waals surface area contributed by atoms with E-state index in [1.807, 2.05) is 0 Å². The summed E-state index contributed by atoms with van der Waals surface area (Å²) in [7, 11) is 0. The number of pyridine rings is 1. The van der Waals surface area contributed by atoms with Crippen LogP contribution in [0.3, 0.4) is 0 Å². The number of aromatic nitrogens is 1. The second-order valence-electron chi connectivity index (χ2n) is 5.43. The number of hydrogen-bond acceptors (Lipinski definition) is 4. The van der Waals surface area contributed by atoms with Gasteiger partial charge in [0.2, 0.25) is 0 Å². The summed E-state index contributed by atoms with van der Waals surface area (Å²) >= 11 is 5.88. The zero-order valence-corrected chi connectivity index (χ0v) is 12.1. The van der Waals surface area contributed by atoms with Crippen molar-refractivity contribution in [2.24, 2.45) is 0 Å². The number of carbonyl (C=O) groups excluding carboxylic acids is 1. The smallest absolute Gasteiger partial charge is 0.254 e. The molecule has 0 atom stereocenters. The predicted molar refractivity (Wildman–Crippen MR) is 78.6 cm³/mol. The van der Waals surface area contributed by atoms with Crippen LogP contribution in [-0.2, 0) is 0 Å². The normalized spacial score (nSPS) is 18.3. The van der Waals surface area contributed by atoms with Crippen LogP contribution in [0.2, 0.25) is 5.15 Å². The van der Waals surface area contributed by atoms with Gasteiger partial charge in [0.15, 0.2) is 0 Å². The van der Waals surface area contributed by atoms with Crippen molar-refractivity contribution >= 4 is 23.2 Å². The summed E-state index contributed by atoms with van der Waals surface area (Å²) in [4.78, 5) is 15.9. The number of carbonyl (C=O) groups is 1. The number of nitrogens with zero attached hydrogens (tertiary/aromatic N) is 1. The Kier molecular flexibility index (Phi) is 4.83. The fourth-order valence-corrected chi connectivity index (χ4v) is 2.72. The lowest BCUT2D eigenvalue weighted by Gasteiger charge is -2.26. The van der Waals surface area contributed by atoms with Gasteiger partial charge in [-0.15, -0.1) is 0 Å². The predicted octanol–water partition coefficient (Wildman–Crippen LogP) is 2.13. The molecule has 6 heteroatoms. The molecule has 0 bridgehead atoms. The molecule has 0 saturated heterocycles. The van der Waals surface area contributed by atoms with Crippen molar-refractivity contribution in [1.82, 2.24) is 10.3 Å². The zero-order chi connectivity index (χ0) is 14.6. The summed E-state index contributed by atoms with van der Waals surface area (Å²) in [5.41, 5.74) is 5.41. The molecule has 0 radical (unpaired) electrons. The van der Waals surface area contributed by atoms with Crippen molar-refractivity contribution in [1.29, 1.82) is 0 Å². The number of halogens is 1. The molecular weight excluding hydrogens is 278 g/mol. The maximum absolute atomic E-state index is 12.1. The fourth-order valence-electron chi connectivity index (χ4n) is 2.53. The Bertz CT molecular complexity index is 485. The molecule has 1 aromatic heterocycles.